The van der Waals surface area contributed by atoms with E-state index < -0.39 is 0 Å². The molecule has 4 nitrogen and oxygen atoms in total. The first-order chi connectivity index (χ1) is 12.1. The van der Waals surface area contributed by atoms with E-state index in [1.54, 1.807) is 42.6 Å². The Morgan fingerprint density at radius 2 is 1.72 bits per heavy atom. The molecule has 0 radical (unpaired) electrons. The van der Waals surface area contributed by atoms with Gasteiger partial charge in [0.2, 0.25) is 0 Å². The quantitative estimate of drug-likeness (QED) is 0.643. The Balaban J connectivity index is 1.73. The van der Waals surface area contributed by atoms with E-state index in [4.69, 9.17) is 23.2 Å². The Labute approximate surface area is 155 Å². The van der Waals surface area contributed by atoms with Gasteiger partial charge in [-0.1, -0.05) is 47.5 Å². The molecule has 3 aromatic rings. The lowest BCUT2D eigenvalue weighted by molar-refractivity contribution is 0.102. The van der Waals surface area contributed by atoms with Crippen LogP contribution in [0.4, 0.5) is 11.5 Å². The molecule has 25 heavy (non-hydrogen) atoms. The monoisotopic (exact) mass is 371 g/mol. The Morgan fingerprint density at radius 3 is 2.48 bits per heavy atom. The number of nitrogens with zero attached hydrogens (tertiary/aromatic N) is 1. The largest absolute Gasteiger partial charge is 0.364 e. The van der Waals surface area contributed by atoms with Gasteiger partial charge in [0, 0.05) is 17.8 Å². The van der Waals surface area contributed by atoms with E-state index in [1.165, 1.54) is 0 Å². The van der Waals surface area contributed by atoms with Crippen molar-refractivity contribution in [1.29, 1.82) is 0 Å². The van der Waals surface area contributed by atoms with Crippen LogP contribution < -0.4 is 10.6 Å². The fourth-order valence-corrected chi connectivity index (χ4v) is 2.62. The number of anilines is 2. The highest BCUT2D eigenvalue weighted by molar-refractivity contribution is 6.34. The van der Waals surface area contributed by atoms with Crippen LogP contribution in [-0.4, -0.2) is 10.9 Å². The standard InChI is InChI=1S/C19H15Cl2N3O/c20-14-9-7-13(8-10-14)12-23-18-17(6-3-11-22-18)24-19(25)15-4-1-2-5-16(15)21/h1-11H,12H2,(H,22,23)(H,24,25). The summed E-state index contributed by atoms with van der Waals surface area (Å²) in [4.78, 5) is 16.7. The van der Waals surface area contributed by atoms with E-state index in [1.807, 2.05) is 24.3 Å². The number of hydrogen-bond donors (Lipinski definition) is 2. The van der Waals surface area contributed by atoms with Crippen molar-refractivity contribution in [2.75, 3.05) is 10.6 Å². The lowest BCUT2D eigenvalue weighted by Crippen LogP contribution is -2.14. The molecule has 126 valence electrons. The van der Waals surface area contributed by atoms with E-state index in [0.717, 1.165) is 5.56 Å². The summed E-state index contributed by atoms with van der Waals surface area (Å²) in [7, 11) is 0. The van der Waals surface area contributed by atoms with Crippen molar-refractivity contribution in [3.05, 3.63) is 88.0 Å². The molecule has 0 saturated heterocycles. The van der Waals surface area contributed by atoms with Gasteiger partial charge in [-0.15, -0.1) is 0 Å². The molecule has 2 N–H and O–H groups in total. The summed E-state index contributed by atoms with van der Waals surface area (Å²) in [6.45, 7) is 0.559. The molecule has 0 spiro atoms. The molecule has 1 heterocycles. The Kier molecular flexibility index (Phi) is 5.53. The van der Waals surface area contributed by atoms with Gasteiger partial charge in [0.05, 0.1) is 16.3 Å². The molecule has 0 aliphatic rings. The molecular weight excluding hydrogens is 357 g/mol. The Morgan fingerprint density at radius 1 is 0.960 bits per heavy atom. The molecule has 0 unspecified atom stereocenters. The number of hydrogen-bond acceptors (Lipinski definition) is 3. The number of carbonyl (C=O) groups excluding carboxylic acids is 1. The molecule has 0 fully saturated rings. The van der Waals surface area contributed by atoms with E-state index in [0.29, 0.717) is 33.7 Å². The number of carbonyl (C=O) groups is 1. The van der Waals surface area contributed by atoms with E-state index in [-0.39, 0.29) is 5.91 Å². The van der Waals surface area contributed by atoms with Crippen LogP contribution in [-0.2, 0) is 6.54 Å². The summed E-state index contributed by atoms with van der Waals surface area (Å²) in [5.74, 6) is 0.297. The molecule has 3 rings (SSSR count). The molecular formula is C19H15Cl2N3O. The van der Waals surface area contributed by atoms with Gasteiger partial charge in [-0.05, 0) is 42.0 Å². The van der Waals surface area contributed by atoms with Crippen LogP contribution in [0, 0.1) is 0 Å². The lowest BCUT2D eigenvalue weighted by atomic mass is 10.2. The van der Waals surface area contributed by atoms with E-state index in [2.05, 4.69) is 15.6 Å². The second kappa shape index (κ2) is 8.01. The number of pyridine rings is 1. The maximum Gasteiger partial charge on any atom is 0.257 e. The second-order valence-electron chi connectivity index (χ2n) is 5.31. The smallest absolute Gasteiger partial charge is 0.257 e. The minimum absolute atomic E-state index is 0.284. The van der Waals surface area contributed by atoms with Gasteiger partial charge >= 0.3 is 0 Å². The van der Waals surface area contributed by atoms with Crippen molar-refractivity contribution in [3.63, 3.8) is 0 Å². The van der Waals surface area contributed by atoms with Crippen LogP contribution in [0.1, 0.15) is 15.9 Å². The van der Waals surface area contributed by atoms with Gasteiger partial charge in [-0.3, -0.25) is 4.79 Å². The minimum atomic E-state index is -0.284. The number of amides is 1. The molecule has 0 bridgehead atoms. The van der Waals surface area contributed by atoms with Crippen molar-refractivity contribution in [1.82, 2.24) is 4.98 Å². The summed E-state index contributed by atoms with van der Waals surface area (Å²) in [6.07, 6.45) is 1.66. The average Bonchev–Trinajstić information content (AvgIpc) is 2.62. The van der Waals surface area contributed by atoms with Crippen LogP contribution in [0.25, 0.3) is 0 Å². The number of nitrogens with one attached hydrogen (secondary N) is 2. The van der Waals surface area contributed by atoms with Gasteiger partial charge in [0.1, 0.15) is 5.82 Å². The van der Waals surface area contributed by atoms with Crippen molar-refractivity contribution in [2.45, 2.75) is 6.54 Å². The summed E-state index contributed by atoms with van der Waals surface area (Å²) in [5, 5.41) is 7.15. The molecule has 0 aliphatic carbocycles. The van der Waals surface area contributed by atoms with Crippen molar-refractivity contribution < 1.29 is 4.79 Å². The van der Waals surface area contributed by atoms with Gasteiger partial charge < -0.3 is 10.6 Å². The number of rotatable bonds is 5. The predicted octanol–water partition coefficient (Wildman–Crippen LogP) is 5.25. The maximum absolute atomic E-state index is 12.4. The molecule has 2 aromatic carbocycles. The average molecular weight is 372 g/mol. The molecule has 1 amide bonds. The normalized spacial score (nSPS) is 10.3. The second-order valence-corrected chi connectivity index (χ2v) is 6.16. The zero-order valence-corrected chi connectivity index (χ0v) is 14.7. The fourth-order valence-electron chi connectivity index (χ4n) is 2.27. The summed E-state index contributed by atoms with van der Waals surface area (Å²) < 4.78 is 0. The Bertz CT molecular complexity index is 882. The van der Waals surface area contributed by atoms with Crippen molar-refractivity contribution in [3.8, 4) is 0 Å². The highest BCUT2D eigenvalue weighted by Gasteiger charge is 2.12. The molecule has 1 aromatic heterocycles. The topological polar surface area (TPSA) is 54.0 Å². The number of halogens is 2. The molecule has 6 heteroatoms. The van der Waals surface area contributed by atoms with Gasteiger partial charge in [0.25, 0.3) is 5.91 Å². The van der Waals surface area contributed by atoms with Gasteiger partial charge in [-0.2, -0.15) is 0 Å². The summed E-state index contributed by atoms with van der Waals surface area (Å²) in [5.41, 5.74) is 2.05. The Hall–Kier alpha value is -2.56. The minimum Gasteiger partial charge on any atom is -0.364 e. The van der Waals surface area contributed by atoms with E-state index in [9.17, 15) is 4.79 Å². The highest BCUT2D eigenvalue weighted by Crippen LogP contribution is 2.22. The lowest BCUT2D eigenvalue weighted by Gasteiger charge is -2.12. The van der Waals surface area contributed by atoms with E-state index >= 15 is 0 Å². The third-order valence-electron chi connectivity index (χ3n) is 3.55. The summed E-state index contributed by atoms with van der Waals surface area (Å²) in [6, 6.07) is 18.0. The zero-order valence-electron chi connectivity index (χ0n) is 13.2. The molecule has 0 atom stereocenters. The third-order valence-corrected chi connectivity index (χ3v) is 4.13. The zero-order chi connectivity index (χ0) is 17.6. The van der Waals surface area contributed by atoms with Crippen LogP contribution in [0.3, 0.4) is 0 Å². The highest BCUT2D eigenvalue weighted by atomic mass is 35.5. The molecule has 0 saturated carbocycles. The van der Waals surface area contributed by atoms with Gasteiger partial charge in [0.15, 0.2) is 0 Å². The SMILES string of the molecule is O=C(Nc1cccnc1NCc1ccc(Cl)cc1)c1ccccc1Cl. The maximum atomic E-state index is 12.4. The number of benzene rings is 2. The first-order valence-electron chi connectivity index (χ1n) is 7.63. The predicted molar refractivity (Wildman–Crippen MR) is 102 cm³/mol. The van der Waals surface area contributed by atoms with Gasteiger partial charge in [-0.25, -0.2) is 4.98 Å². The van der Waals surface area contributed by atoms with Crippen LogP contribution in [0.2, 0.25) is 10.0 Å². The first-order valence-corrected chi connectivity index (χ1v) is 8.38. The van der Waals surface area contributed by atoms with Crippen LogP contribution >= 0.6 is 23.2 Å². The van der Waals surface area contributed by atoms with Crippen molar-refractivity contribution >= 4 is 40.6 Å². The fraction of sp³-hybridized carbons (Fsp3) is 0.0526. The first kappa shape index (κ1) is 17.3. The third kappa shape index (κ3) is 4.50. The number of aromatic nitrogens is 1. The summed E-state index contributed by atoms with van der Waals surface area (Å²) >= 11 is 12.0. The van der Waals surface area contributed by atoms with Crippen LogP contribution in [0.5, 0.6) is 0 Å². The van der Waals surface area contributed by atoms with Crippen LogP contribution in [0.15, 0.2) is 66.9 Å². The van der Waals surface area contributed by atoms with Crippen molar-refractivity contribution in [2.24, 2.45) is 0 Å². The molecule has 0 aliphatic heterocycles.